The second-order valence-electron chi connectivity index (χ2n) is 8.10. The Kier molecular flexibility index (Phi) is 8.70. The minimum absolute atomic E-state index is 0.0488. The summed E-state index contributed by atoms with van der Waals surface area (Å²) in [4.78, 5) is 34.4. The fraction of sp³-hybridized carbons (Fsp3) is 0.391. The summed E-state index contributed by atoms with van der Waals surface area (Å²) in [7, 11) is -3.92. The third-order valence-electron chi connectivity index (χ3n) is 5.11. The highest BCUT2D eigenvalue weighted by Crippen LogP contribution is 2.30. The molecule has 1 aromatic carbocycles. The smallest absolute Gasteiger partial charge is 0.252 e. The Morgan fingerprint density at radius 1 is 1.12 bits per heavy atom. The molecule has 0 aliphatic heterocycles. The van der Waals surface area contributed by atoms with Crippen molar-refractivity contribution < 1.29 is 18.0 Å². The minimum Gasteiger partial charge on any atom is -0.341 e. The van der Waals surface area contributed by atoms with Crippen LogP contribution in [0.3, 0.4) is 0 Å². The van der Waals surface area contributed by atoms with Gasteiger partial charge in [0.05, 0.1) is 23.6 Å². The van der Waals surface area contributed by atoms with Gasteiger partial charge in [-0.25, -0.2) is 18.4 Å². The average Bonchev–Trinajstić information content (AvgIpc) is 3.40. The molecule has 0 aliphatic rings. The number of anilines is 1. The Balaban J connectivity index is 1.82. The topological polar surface area (TPSA) is 134 Å². The van der Waals surface area contributed by atoms with Crippen LogP contribution in [-0.2, 0) is 19.6 Å². The van der Waals surface area contributed by atoms with E-state index in [1.54, 1.807) is 20.0 Å². The Morgan fingerprint density at radius 3 is 2.53 bits per heavy atom. The van der Waals surface area contributed by atoms with Crippen LogP contribution in [0.1, 0.15) is 63.5 Å². The predicted octanol–water partition coefficient (Wildman–Crippen LogP) is 4.36. The molecule has 182 valence electrons. The van der Waals surface area contributed by atoms with E-state index in [1.807, 2.05) is 30.3 Å². The third-order valence-corrected chi connectivity index (χ3v) is 8.26. The van der Waals surface area contributed by atoms with E-state index in [4.69, 9.17) is 0 Å². The van der Waals surface area contributed by atoms with Crippen LogP contribution >= 0.6 is 11.3 Å². The Bertz CT molecular complexity index is 1240. The molecule has 0 saturated carbocycles. The molecule has 3 aromatic rings. The zero-order valence-electron chi connectivity index (χ0n) is 19.4. The van der Waals surface area contributed by atoms with E-state index < -0.39 is 16.1 Å². The Morgan fingerprint density at radius 2 is 1.85 bits per heavy atom. The number of nitrogens with one attached hydrogen (secondary N) is 3. The van der Waals surface area contributed by atoms with Crippen LogP contribution in [0.25, 0.3) is 11.3 Å². The number of hydrogen-bond acceptors (Lipinski definition) is 7. The van der Waals surface area contributed by atoms with Crippen molar-refractivity contribution in [2.45, 2.75) is 63.1 Å². The van der Waals surface area contributed by atoms with Crippen molar-refractivity contribution in [3.05, 3.63) is 48.0 Å². The zero-order valence-corrected chi connectivity index (χ0v) is 21.1. The highest BCUT2D eigenvalue weighted by molar-refractivity contribution is 7.91. The van der Waals surface area contributed by atoms with Crippen molar-refractivity contribution >= 4 is 38.2 Å². The molecule has 0 radical (unpaired) electrons. The molecule has 2 aromatic heterocycles. The van der Waals surface area contributed by atoms with Crippen molar-refractivity contribution in [2.75, 3.05) is 5.32 Å². The number of sulfonamides is 1. The monoisotopic (exact) mass is 503 g/mol. The van der Waals surface area contributed by atoms with E-state index >= 15 is 0 Å². The van der Waals surface area contributed by atoms with Crippen LogP contribution < -0.4 is 10.0 Å². The molecule has 0 bridgehead atoms. The van der Waals surface area contributed by atoms with Gasteiger partial charge < -0.3 is 15.1 Å². The minimum atomic E-state index is -3.92. The first-order chi connectivity index (χ1) is 16.2. The molecule has 0 fully saturated rings. The lowest BCUT2D eigenvalue weighted by atomic mass is 10.1. The average molecular weight is 504 g/mol. The summed E-state index contributed by atoms with van der Waals surface area (Å²) >= 11 is 0.908. The molecule has 2 heterocycles. The molecule has 1 atom stereocenters. The van der Waals surface area contributed by atoms with Gasteiger partial charge in [0.2, 0.25) is 5.91 Å². The van der Waals surface area contributed by atoms with Crippen molar-refractivity contribution in [1.82, 2.24) is 19.7 Å². The van der Waals surface area contributed by atoms with Gasteiger partial charge in [-0.3, -0.25) is 4.79 Å². The number of thiazole rings is 1. The molecular formula is C23H29N5O4S2. The standard InChI is InChI=1S/C23H29N5O4S2/c1-15(29)10-6-4-9-13-19(21-24-14-20(27-21)18-11-7-5-8-12-18)28-34(31,32)22-16(2)25-23(33-22)26-17(3)30/h5,7-8,11-12,14,19,28H,4,6,9-10,13H2,1-3H3,(H,24,27)(H,25,26,30)/t19-/m0/s1. The lowest BCUT2D eigenvalue weighted by Gasteiger charge is -2.16. The third kappa shape index (κ3) is 7.05. The Hall–Kier alpha value is -2.89. The molecule has 0 aliphatic carbocycles. The van der Waals surface area contributed by atoms with Gasteiger partial charge in [-0.15, -0.1) is 0 Å². The number of aromatic amines is 1. The van der Waals surface area contributed by atoms with E-state index in [0.717, 1.165) is 41.9 Å². The highest BCUT2D eigenvalue weighted by Gasteiger charge is 2.27. The first-order valence-electron chi connectivity index (χ1n) is 11.0. The quantitative estimate of drug-likeness (QED) is 0.314. The van der Waals surface area contributed by atoms with E-state index in [9.17, 15) is 18.0 Å². The number of Topliss-reactive ketones (excluding diaryl/α,β-unsaturated/α-hetero) is 1. The number of aryl methyl sites for hydroxylation is 1. The van der Waals surface area contributed by atoms with E-state index in [1.165, 1.54) is 6.92 Å². The predicted molar refractivity (Wildman–Crippen MR) is 132 cm³/mol. The van der Waals surface area contributed by atoms with Crippen LogP contribution in [0.4, 0.5) is 5.13 Å². The fourth-order valence-corrected chi connectivity index (χ4v) is 6.22. The lowest BCUT2D eigenvalue weighted by molar-refractivity contribution is -0.117. The van der Waals surface area contributed by atoms with Gasteiger partial charge in [0.15, 0.2) is 9.34 Å². The van der Waals surface area contributed by atoms with Gasteiger partial charge in [0.25, 0.3) is 10.0 Å². The molecule has 0 spiro atoms. The van der Waals surface area contributed by atoms with Gasteiger partial charge in [0.1, 0.15) is 11.6 Å². The molecular weight excluding hydrogens is 474 g/mol. The van der Waals surface area contributed by atoms with Gasteiger partial charge >= 0.3 is 0 Å². The Labute approximate surface area is 203 Å². The van der Waals surface area contributed by atoms with Gasteiger partial charge in [0, 0.05) is 13.3 Å². The summed E-state index contributed by atoms with van der Waals surface area (Å²) in [5.41, 5.74) is 2.05. The number of carbonyl (C=O) groups is 2. The number of rotatable bonds is 12. The van der Waals surface area contributed by atoms with Crippen molar-refractivity contribution in [3.63, 3.8) is 0 Å². The summed E-state index contributed by atoms with van der Waals surface area (Å²) in [5.74, 6) is 0.336. The number of imidazole rings is 1. The van der Waals surface area contributed by atoms with Crippen LogP contribution in [0.15, 0.2) is 40.7 Å². The van der Waals surface area contributed by atoms with Gasteiger partial charge in [-0.05, 0) is 32.3 Å². The number of nitrogens with zero attached hydrogens (tertiary/aromatic N) is 2. The zero-order chi connectivity index (χ0) is 24.7. The number of aromatic nitrogens is 3. The van der Waals surface area contributed by atoms with E-state index in [0.29, 0.717) is 24.4 Å². The summed E-state index contributed by atoms with van der Waals surface area (Å²) < 4.78 is 29.3. The second kappa shape index (κ2) is 11.5. The lowest BCUT2D eigenvalue weighted by Crippen LogP contribution is -2.29. The summed E-state index contributed by atoms with van der Waals surface area (Å²) in [6, 6.07) is 9.07. The molecule has 11 heteroatoms. The number of benzene rings is 1. The maximum absolute atomic E-state index is 13.3. The van der Waals surface area contributed by atoms with Crippen molar-refractivity contribution in [1.29, 1.82) is 0 Å². The molecule has 0 saturated heterocycles. The number of amides is 1. The summed E-state index contributed by atoms with van der Waals surface area (Å²) in [6.45, 7) is 4.50. The molecule has 3 rings (SSSR count). The van der Waals surface area contributed by atoms with E-state index in [-0.39, 0.29) is 21.0 Å². The number of H-pyrrole nitrogens is 1. The number of unbranched alkanes of at least 4 members (excludes halogenated alkanes) is 2. The number of ketones is 1. The normalized spacial score (nSPS) is 12.4. The maximum Gasteiger partial charge on any atom is 0.252 e. The first kappa shape index (κ1) is 25.7. The number of carbonyl (C=O) groups excluding carboxylic acids is 2. The fourth-order valence-electron chi connectivity index (χ4n) is 3.51. The van der Waals surface area contributed by atoms with Crippen LogP contribution in [0, 0.1) is 6.92 Å². The molecule has 9 nitrogen and oxygen atoms in total. The van der Waals surface area contributed by atoms with Crippen molar-refractivity contribution in [3.8, 4) is 11.3 Å². The van der Waals surface area contributed by atoms with Gasteiger partial charge in [-0.2, -0.15) is 4.72 Å². The molecule has 3 N–H and O–H groups in total. The molecule has 34 heavy (non-hydrogen) atoms. The number of hydrogen-bond donors (Lipinski definition) is 3. The summed E-state index contributed by atoms with van der Waals surface area (Å²) in [5, 5.41) is 2.76. The van der Waals surface area contributed by atoms with Crippen LogP contribution in [0.5, 0.6) is 0 Å². The van der Waals surface area contributed by atoms with Crippen LogP contribution in [0.2, 0.25) is 0 Å². The van der Waals surface area contributed by atoms with Crippen molar-refractivity contribution in [2.24, 2.45) is 0 Å². The molecule has 1 amide bonds. The highest BCUT2D eigenvalue weighted by atomic mass is 32.2. The van der Waals surface area contributed by atoms with Gasteiger partial charge in [-0.1, -0.05) is 54.5 Å². The SMILES string of the molecule is CC(=O)CCCCC[C@H](NS(=O)(=O)c1sc(NC(C)=O)nc1C)c1ncc(-c2ccccc2)[nH]1. The second-order valence-corrected chi connectivity index (χ2v) is 11.0. The maximum atomic E-state index is 13.3. The molecule has 0 unspecified atom stereocenters. The van der Waals surface area contributed by atoms with Crippen LogP contribution in [-0.4, -0.2) is 35.1 Å². The summed E-state index contributed by atoms with van der Waals surface area (Å²) in [6.07, 6.45) is 5.00. The van der Waals surface area contributed by atoms with E-state index in [2.05, 4.69) is 25.0 Å². The largest absolute Gasteiger partial charge is 0.341 e. The first-order valence-corrected chi connectivity index (χ1v) is 13.3.